The molecule has 0 unspecified atom stereocenters. The molecule has 2 rings (SSSR count). The van der Waals surface area contributed by atoms with E-state index in [9.17, 15) is 17.6 Å². The summed E-state index contributed by atoms with van der Waals surface area (Å²) >= 11 is 0. The van der Waals surface area contributed by atoms with Crippen molar-refractivity contribution in [1.82, 2.24) is 0 Å². The van der Waals surface area contributed by atoms with Crippen molar-refractivity contribution in [2.45, 2.75) is 57.5 Å². The molecule has 0 heterocycles. The van der Waals surface area contributed by atoms with Gasteiger partial charge in [-0.1, -0.05) is 18.2 Å². The highest BCUT2D eigenvalue weighted by atomic mass is 19.3. The minimum Gasteiger partial charge on any atom is -0.435 e. The van der Waals surface area contributed by atoms with Crippen LogP contribution in [0.15, 0.2) is 36.4 Å². The molecule has 1 aliphatic carbocycles. The number of allylic oxidation sites excluding steroid dienone is 2. The van der Waals surface area contributed by atoms with E-state index in [1.165, 1.54) is 0 Å². The van der Waals surface area contributed by atoms with Crippen LogP contribution in [-0.2, 0) is 0 Å². The molecule has 1 saturated carbocycles. The van der Waals surface area contributed by atoms with E-state index in [0.29, 0.717) is 18.3 Å². The molecule has 1 fully saturated rings. The van der Waals surface area contributed by atoms with Gasteiger partial charge in [0.05, 0.1) is 0 Å². The summed E-state index contributed by atoms with van der Waals surface area (Å²) in [6.07, 6.45) is 6.10. The van der Waals surface area contributed by atoms with E-state index in [4.69, 9.17) is 0 Å². The van der Waals surface area contributed by atoms with E-state index in [-0.39, 0.29) is 5.75 Å². The van der Waals surface area contributed by atoms with Crippen LogP contribution in [0.4, 0.5) is 17.6 Å². The minimum atomic E-state index is -2.80. The van der Waals surface area contributed by atoms with Gasteiger partial charge in [0, 0.05) is 0 Å². The zero-order valence-electron chi connectivity index (χ0n) is 12.9. The van der Waals surface area contributed by atoms with Crippen molar-refractivity contribution in [3.63, 3.8) is 0 Å². The Bertz CT molecular complexity index is 476. The summed E-state index contributed by atoms with van der Waals surface area (Å²) in [6, 6.07) is 6.88. The van der Waals surface area contributed by atoms with Crippen molar-refractivity contribution in [3.05, 3.63) is 42.0 Å². The maximum absolute atomic E-state index is 12.1. The largest absolute Gasteiger partial charge is 0.435 e. The van der Waals surface area contributed by atoms with E-state index in [2.05, 4.69) is 4.74 Å². The third kappa shape index (κ3) is 6.24. The van der Waals surface area contributed by atoms with Crippen LogP contribution in [0.5, 0.6) is 5.75 Å². The normalized spacial score (nSPS) is 22.2. The minimum absolute atomic E-state index is 0.184. The van der Waals surface area contributed by atoms with Crippen LogP contribution in [0.3, 0.4) is 0 Å². The van der Waals surface area contributed by atoms with Gasteiger partial charge in [-0.2, -0.15) is 8.78 Å². The predicted octanol–water partition coefficient (Wildman–Crippen LogP) is 6.16. The molecular formula is C18H22F4O. The van der Waals surface area contributed by atoms with Gasteiger partial charge in [0.25, 0.3) is 6.43 Å². The Hall–Kier alpha value is -1.52. The second kappa shape index (κ2) is 8.94. The molecule has 128 valence electrons. The summed E-state index contributed by atoms with van der Waals surface area (Å²) < 4.78 is 52.6. The van der Waals surface area contributed by atoms with Gasteiger partial charge in [0.15, 0.2) is 0 Å². The number of benzene rings is 1. The lowest BCUT2D eigenvalue weighted by molar-refractivity contribution is -0.0498. The summed E-state index contributed by atoms with van der Waals surface area (Å²) in [6.45, 7) is -2.80. The molecule has 0 spiro atoms. The van der Waals surface area contributed by atoms with Gasteiger partial charge < -0.3 is 4.74 Å². The molecule has 1 aromatic carbocycles. The molecule has 0 bridgehead atoms. The number of rotatable bonds is 7. The zero-order valence-corrected chi connectivity index (χ0v) is 12.9. The Morgan fingerprint density at radius 1 is 1.00 bits per heavy atom. The molecule has 5 heteroatoms. The fourth-order valence-corrected chi connectivity index (χ4v) is 3.24. The Balaban J connectivity index is 1.75. The highest BCUT2D eigenvalue weighted by Gasteiger charge is 2.22. The van der Waals surface area contributed by atoms with Crippen LogP contribution >= 0.6 is 0 Å². The van der Waals surface area contributed by atoms with E-state index in [1.807, 2.05) is 12.1 Å². The van der Waals surface area contributed by atoms with Crippen molar-refractivity contribution in [3.8, 4) is 5.75 Å². The first kappa shape index (κ1) is 17.8. The highest BCUT2D eigenvalue weighted by Crippen LogP contribution is 2.38. The molecule has 0 saturated heterocycles. The van der Waals surface area contributed by atoms with Crippen molar-refractivity contribution in [2.24, 2.45) is 5.92 Å². The van der Waals surface area contributed by atoms with Gasteiger partial charge in [0.1, 0.15) is 5.75 Å². The Kier molecular flexibility index (Phi) is 6.93. The van der Waals surface area contributed by atoms with Crippen LogP contribution in [0.1, 0.15) is 50.0 Å². The van der Waals surface area contributed by atoms with Gasteiger partial charge in [0.2, 0.25) is 0 Å². The maximum atomic E-state index is 12.1. The molecule has 0 amide bonds. The molecule has 0 aliphatic heterocycles. The zero-order chi connectivity index (χ0) is 16.7. The van der Waals surface area contributed by atoms with Crippen molar-refractivity contribution in [1.29, 1.82) is 0 Å². The van der Waals surface area contributed by atoms with Gasteiger partial charge in [-0.25, -0.2) is 8.78 Å². The smallest absolute Gasteiger partial charge is 0.387 e. The van der Waals surface area contributed by atoms with Crippen LogP contribution in [-0.4, -0.2) is 13.0 Å². The second-order valence-corrected chi connectivity index (χ2v) is 6.01. The summed E-state index contributed by atoms with van der Waals surface area (Å²) in [4.78, 5) is 0. The van der Waals surface area contributed by atoms with Gasteiger partial charge in [-0.05, 0) is 74.1 Å². The fourth-order valence-electron chi connectivity index (χ4n) is 3.24. The molecule has 1 aromatic rings. The molecule has 23 heavy (non-hydrogen) atoms. The van der Waals surface area contributed by atoms with E-state index in [0.717, 1.165) is 43.7 Å². The number of hydrogen-bond donors (Lipinski definition) is 0. The van der Waals surface area contributed by atoms with Crippen LogP contribution < -0.4 is 4.74 Å². The lowest BCUT2D eigenvalue weighted by Gasteiger charge is -2.28. The Labute approximate surface area is 134 Å². The lowest BCUT2D eigenvalue weighted by atomic mass is 9.77. The van der Waals surface area contributed by atoms with Crippen LogP contribution in [0.25, 0.3) is 0 Å². The van der Waals surface area contributed by atoms with Crippen molar-refractivity contribution < 1.29 is 22.3 Å². The molecule has 0 aromatic heterocycles. The predicted molar refractivity (Wildman–Crippen MR) is 82.2 cm³/mol. The summed E-state index contributed by atoms with van der Waals surface area (Å²) in [5.41, 5.74) is 1.16. The Morgan fingerprint density at radius 3 is 2.22 bits per heavy atom. The van der Waals surface area contributed by atoms with Gasteiger partial charge >= 0.3 is 6.61 Å². The first-order valence-electron chi connectivity index (χ1n) is 8.04. The van der Waals surface area contributed by atoms with Crippen molar-refractivity contribution in [2.75, 3.05) is 0 Å². The third-order valence-corrected chi connectivity index (χ3v) is 4.45. The van der Waals surface area contributed by atoms with E-state index >= 15 is 0 Å². The number of ether oxygens (including phenoxy) is 1. The van der Waals surface area contributed by atoms with Gasteiger partial charge in [-0.15, -0.1) is 0 Å². The fraction of sp³-hybridized carbons (Fsp3) is 0.556. The number of halogens is 4. The first-order chi connectivity index (χ1) is 11.0. The SMILES string of the molecule is FC(F)C=CCC[C@H]1CC[C@H](c2ccc(OC(F)F)cc2)CC1. The van der Waals surface area contributed by atoms with Crippen LogP contribution in [0, 0.1) is 5.92 Å². The Morgan fingerprint density at radius 2 is 1.65 bits per heavy atom. The molecule has 0 radical (unpaired) electrons. The molecular weight excluding hydrogens is 308 g/mol. The molecule has 0 N–H and O–H groups in total. The van der Waals surface area contributed by atoms with Gasteiger partial charge in [-0.3, -0.25) is 0 Å². The van der Waals surface area contributed by atoms with Crippen molar-refractivity contribution >= 4 is 0 Å². The second-order valence-electron chi connectivity index (χ2n) is 6.01. The first-order valence-corrected chi connectivity index (χ1v) is 8.04. The highest BCUT2D eigenvalue weighted by molar-refractivity contribution is 5.29. The molecule has 0 atom stereocenters. The summed E-state index contributed by atoms with van der Waals surface area (Å²) in [5.74, 6) is 1.22. The summed E-state index contributed by atoms with van der Waals surface area (Å²) in [5, 5.41) is 0. The average molecular weight is 330 g/mol. The van der Waals surface area contributed by atoms with E-state index in [1.54, 1.807) is 18.2 Å². The maximum Gasteiger partial charge on any atom is 0.387 e. The molecule has 1 aliphatic rings. The molecule has 1 nitrogen and oxygen atoms in total. The van der Waals surface area contributed by atoms with Crippen LogP contribution in [0.2, 0.25) is 0 Å². The standard InChI is InChI=1S/C18H22F4O/c19-17(20)4-2-1-3-13-5-7-14(8-6-13)15-9-11-16(12-10-15)23-18(21)22/h2,4,9-14,17-18H,1,3,5-8H2/t13-,14-. The quantitative estimate of drug-likeness (QED) is 0.429. The van der Waals surface area contributed by atoms with E-state index < -0.39 is 13.0 Å². The summed E-state index contributed by atoms with van der Waals surface area (Å²) in [7, 11) is 0. The topological polar surface area (TPSA) is 9.23 Å². The number of alkyl halides is 4. The number of hydrogen-bond acceptors (Lipinski definition) is 1. The lowest BCUT2D eigenvalue weighted by Crippen LogP contribution is -2.13. The monoisotopic (exact) mass is 330 g/mol. The third-order valence-electron chi connectivity index (χ3n) is 4.45. The average Bonchev–Trinajstić information content (AvgIpc) is 2.52.